The molecule has 0 aromatic rings. The van der Waals surface area contributed by atoms with E-state index in [0.717, 1.165) is 24.4 Å². The topological polar surface area (TPSA) is 29.3 Å². The maximum Gasteiger partial charge on any atom is 0.0357 e. The molecular formula is C16H32N2. The Morgan fingerprint density at radius 3 is 2.50 bits per heavy atom. The fraction of sp³-hybridized carbons (Fsp3) is 1.00. The molecule has 2 saturated carbocycles. The van der Waals surface area contributed by atoms with Crippen LogP contribution in [-0.4, -0.2) is 30.1 Å². The second kappa shape index (κ2) is 5.92. The normalized spacial score (nSPS) is 42.2. The molecule has 106 valence electrons. The first-order chi connectivity index (χ1) is 8.60. The lowest BCUT2D eigenvalue weighted by atomic mass is 9.71. The fourth-order valence-corrected chi connectivity index (χ4v) is 4.49. The monoisotopic (exact) mass is 252 g/mol. The molecule has 0 bridgehead atoms. The average Bonchev–Trinajstić information content (AvgIpc) is 2.39. The van der Waals surface area contributed by atoms with E-state index in [-0.39, 0.29) is 0 Å². The second-order valence-electron chi connectivity index (χ2n) is 6.99. The zero-order chi connectivity index (χ0) is 13.2. The van der Waals surface area contributed by atoms with Crippen molar-refractivity contribution in [1.29, 1.82) is 0 Å². The Morgan fingerprint density at radius 2 is 1.89 bits per heavy atom. The number of likely N-dealkylation sites (N-methyl/N-ethyl adjacent to an activating group) is 1. The molecule has 2 heteroatoms. The highest BCUT2D eigenvalue weighted by Gasteiger charge is 2.43. The van der Waals surface area contributed by atoms with Crippen molar-refractivity contribution in [3.8, 4) is 0 Å². The second-order valence-corrected chi connectivity index (χ2v) is 6.99. The first-order valence-electron chi connectivity index (χ1n) is 8.03. The zero-order valence-electron chi connectivity index (χ0n) is 12.6. The summed E-state index contributed by atoms with van der Waals surface area (Å²) < 4.78 is 0. The summed E-state index contributed by atoms with van der Waals surface area (Å²) in [6, 6.07) is 0.776. The Labute approximate surface area is 113 Å². The van der Waals surface area contributed by atoms with E-state index in [1.165, 1.54) is 51.4 Å². The minimum absolute atomic E-state index is 0.292. The lowest BCUT2D eigenvalue weighted by molar-refractivity contribution is -0.0141. The van der Waals surface area contributed by atoms with Gasteiger partial charge in [0, 0.05) is 18.1 Å². The first-order valence-corrected chi connectivity index (χ1v) is 8.03. The largest absolute Gasteiger partial charge is 0.329 e. The molecule has 0 aliphatic heterocycles. The molecule has 0 amide bonds. The maximum atomic E-state index is 6.23. The summed E-state index contributed by atoms with van der Waals surface area (Å²) in [4.78, 5) is 2.70. The molecule has 0 aromatic carbocycles. The summed E-state index contributed by atoms with van der Waals surface area (Å²) in [6.07, 6.45) is 11.0. The molecule has 4 atom stereocenters. The third kappa shape index (κ3) is 2.60. The first kappa shape index (κ1) is 14.3. The van der Waals surface area contributed by atoms with Gasteiger partial charge in [0.15, 0.2) is 0 Å². The van der Waals surface area contributed by atoms with Crippen LogP contribution in [0, 0.1) is 11.8 Å². The van der Waals surface area contributed by atoms with Crippen LogP contribution in [0.3, 0.4) is 0 Å². The molecule has 2 nitrogen and oxygen atoms in total. The highest BCUT2D eigenvalue weighted by Crippen LogP contribution is 2.40. The van der Waals surface area contributed by atoms with E-state index >= 15 is 0 Å². The summed E-state index contributed by atoms with van der Waals surface area (Å²) in [6.45, 7) is 5.68. The van der Waals surface area contributed by atoms with Gasteiger partial charge in [-0.25, -0.2) is 0 Å². The Hall–Kier alpha value is -0.0800. The predicted octanol–water partition coefficient (Wildman–Crippen LogP) is 3.40. The molecular weight excluding hydrogens is 220 g/mol. The molecule has 0 aromatic heterocycles. The standard InChI is InChI=1S/C16H32N2/c1-13-7-6-9-15(11-13)18(3)16(12-17)10-5-4-8-14(16)2/h13-15H,4-12,17H2,1-3H3. The van der Waals surface area contributed by atoms with Crippen LogP contribution in [0.15, 0.2) is 0 Å². The maximum absolute atomic E-state index is 6.23. The van der Waals surface area contributed by atoms with E-state index < -0.39 is 0 Å². The summed E-state index contributed by atoms with van der Waals surface area (Å²) in [5, 5.41) is 0. The van der Waals surface area contributed by atoms with E-state index in [1.807, 2.05) is 0 Å². The van der Waals surface area contributed by atoms with Crippen LogP contribution in [0.4, 0.5) is 0 Å². The summed E-state index contributed by atoms with van der Waals surface area (Å²) in [5.41, 5.74) is 6.52. The van der Waals surface area contributed by atoms with Gasteiger partial charge in [-0.1, -0.05) is 39.5 Å². The summed E-state index contributed by atoms with van der Waals surface area (Å²) in [5.74, 6) is 1.67. The van der Waals surface area contributed by atoms with Crippen molar-refractivity contribution in [3.63, 3.8) is 0 Å². The molecule has 2 aliphatic rings. The summed E-state index contributed by atoms with van der Waals surface area (Å²) in [7, 11) is 2.36. The van der Waals surface area contributed by atoms with Gasteiger partial charge >= 0.3 is 0 Å². The van der Waals surface area contributed by atoms with E-state index in [2.05, 4.69) is 25.8 Å². The molecule has 0 radical (unpaired) electrons. The van der Waals surface area contributed by atoms with Crippen molar-refractivity contribution in [2.24, 2.45) is 17.6 Å². The average molecular weight is 252 g/mol. The quantitative estimate of drug-likeness (QED) is 0.834. The molecule has 2 fully saturated rings. The van der Waals surface area contributed by atoms with Crippen LogP contribution in [-0.2, 0) is 0 Å². The van der Waals surface area contributed by atoms with Crippen LogP contribution in [0.25, 0.3) is 0 Å². The molecule has 0 spiro atoms. The number of hydrogen-bond donors (Lipinski definition) is 1. The van der Waals surface area contributed by atoms with Crippen molar-refractivity contribution >= 4 is 0 Å². The third-order valence-corrected chi connectivity index (χ3v) is 5.93. The van der Waals surface area contributed by atoms with Gasteiger partial charge in [0.1, 0.15) is 0 Å². The van der Waals surface area contributed by atoms with E-state index in [0.29, 0.717) is 5.54 Å². The smallest absolute Gasteiger partial charge is 0.0357 e. The van der Waals surface area contributed by atoms with E-state index in [9.17, 15) is 0 Å². The van der Waals surface area contributed by atoms with Crippen LogP contribution >= 0.6 is 0 Å². The molecule has 2 N–H and O–H groups in total. The molecule has 0 heterocycles. The molecule has 18 heavy (non-hydrogen) atoms. The number of nitrogens with zero attached hydrogens (tertiary/aromatic N) is 1. The van der Waals surface area contributed by atoms with Gasteiger partial charge in [0.05, 0.1) is 0 Å². The van der Waals surface area contributed by atoms with Crippen molar-refractivity contribution < 1.29 is 0 Å². The molecule has 4 unspecified atom stereocenters. The lowest BCUT2D eigenvalue weighted by Gasteiger charge is -2.52. The number of nitrogens with two attached hydrogens (primary N) is 1. The van der Waals surface area contributed by atoms with Crippen molar-refractivity contribution in [2.45, 2.75) is 76.8 Å². The van der Waals surface area contributed by atoms with Crippen LogP contribution in [0.2, 0.25) is 0 Å². The van der Waals surface area contributed by atoms with Gasteiger partial charge in [0.2, 0.25) is 0 Å². The van der Waals surface area contributed by atoms with Crippen LogP contribution in [0.1, 0.15) is 65.2 Å². The molecule has 2 rings (SSSR count). The Morgan fingerprint density at radius 1 is 1.11 bits per heavy atom. The van der Waals surface area contributed by atoms with Gasteiger partial charge in [-0.3, -0.25) is 4.90 Å². The van der Waals surface area contributed by atoms with Crippen molar-refractivity contribution in [3.05, 3.63) is 0 Å². The predicted molar refractivity (Wildman–Crippen MR) is 78.6 cm³/mol. The lowest BCUT2D eigenvalue weighted by Crippen LogP contribution is -2.61. The van der Waals surface area contributed by atoms with Gasteiger partial charge < -0.3 is 5.73 Å². The minimum atomic E-state index is 0.292. The SMILES string of the molecule is CC1CCCC(N(C)C2(CN)CCCCC2C)C1. The molecule has 2 aliphatic carbocycles. The Bertz CT molecular complexity index is 266. The van der Waals surface area contributed by atoms with Crippen molar-refractivity contribution in [1.82, 2.24) is 4.90 Å². The van der Waals surface area contributed by atoms with Gasteiger partial charge in [-0.05, 0) is 44.6 Å². The van der Waals surface area contributed by atoms with Crippen LogP contribution < -0.4 is 5.73 Å². The number of hydrogen-bond acceptors (Lipinski definition) is 2. The van der Waals surface area contributed by atoms with Gasteiger partial charge in [0.25, 0.3) is 0 Å². The highest BCUT2D eigenvalue weighted by molar-refractivity contribution is 5.00. The van der Waals surface area contributed by atoms with Crippen molar-refractivity contribution in [2.75, 3.05) is 13.6 Å². The van der Waals surface area contributed by atoms with Gasteiger partial charge in [-0.15, -0.1) is 0 Å². The van der Waals surface area contributed by atoms with Gasteiger partial charge in [-0.2, -0.15) is 0 Å². The van der Waals surface area contributed by atoms with Crippen LogP contribution in [0.5, 0.6) is 0 Å². The Kier molecular flexibility index (Phi) is 4.71. The van der Waals surface area contributed by atoms with E-state index in [4.69, 9.17) is 5.73 Å². The number of rotatable bonds is 3. The highest BCUT2D eigenvalue weighted by atomic mass is 15.2. The zero-order valence-corrected chi connectivity index (χ0v) is 12.6. The summed E-state index contributed by atoms with van der Waals surface area (Å²) >= 11 is 0. The molecule has 0 saturated heterocycles. The third-order valence-electron chi connectivity index (χ3n) is 5.93. The van der Waals surface area contributed by atoms with E-state index in [1.54, 1.807) is 0 Å². The fourth-order valence-electron chi connectivity index (χ4n) is 4.49. The minimum Gasteiger partial charge on any atom is -0.329 e. The Balaban J connectivity index is 2.10.